The van der Waals surface area contributed by atoms with Gasteiger partial charge in [0.05, 0.1) is 18.8 Å². The minimum atomic E-state index is -0.206. The molecule has 1 aromatic carbocycles. The topological polar surface area (TPSA) is 64.4 Å². The minimum absolute atomic E-state index is 0.0169. The molecule has 4 heteroatoms. The summed E-state index contributed by atoms with van der Waals surface area (Å²) in [7, 11) is 0. The zero-order chi connectivity index (χ0) is 11.4. The number of hydrogen-bond acceptors (Lipinski definition) is 3. The second kappa shape index (κ2) is 4.99. The normalized spacial score (nSPS) is 14.6. The van der Waals surface area contributed by atoms with Crippen molar-refractivity contribution in [2.75, 3.05) is 18.5 Å². The number of benzene rings is 1. The first-order valence-corrected chi connectivity index (χ1v) is 5.51. The molecule has 0 spiro atoms. The van der Waals surface area contributed by atoms with Crippen LogP contribution in [0.4, 0.5) is 5.69 Å². The molecule has 0 heterocycles. The number of nitrogens with one attached hydrogen (secondary N) is 1. The molecule has 0 unspecified atom stereocenters. The van der Waals surface area contributed by atoms with Crippen LogP contribution in [0, 0.1) is 5.92 Å². The summed E-state index contributed by atoms with van der Waals surface area (Å²) in [4.78, 5) is 11.2. The maximum absolute atomic E-state index is 11.2. The first-order chi connectivity index (χ1) is 7.79. The second-order valence-electron chi connectivity index (χ2n) is 4.00. The third kappa shape index (κ3) is 2.97. The number of amides is 1. The van der Waals surface area contributed by atoms with Crippen molar-refractivity contribution in [1.29, 1.82) is 0 Å². The maximum Gasteiger partial charge on any atom is 0.238 e. The molecule has 1 aliphatic rings. The van der Waals surface area contributed by atoms with Gasteiger partial charge in [-0.3, -0.25) is 4.79 Å². The summed E-state index contributed by atoms with van der Waals surface area (Å²) in [5, 5.41) is 2.72. The number of hydrogen-bond donors (Lipinski definition) is 2. The van der Waals surface area contributed by atoms with Crippen molar-refractivity contribution in [2.24, 2.45) is 11.7 Å². The van der Waals surface area contributed by atoms with E-state index in [9.17, 15) is 4.79 Å². The van der Waals surface area contributed by atoms with Gasteiger partial charge in [0.1, 0.15) is 5.75 Å². The Morgan fingerprint density at radius 3 is 2.88 bits per heavy atom. The Hall–Kier alpha value is -1.55. The van der Waals surface area contributed by atoms with Crippen LogP contribution >= 0.6 is 0 Å². The van der Waals surface area contributed by atoms with E-state index in [-0.39, 0.29) is 12.5 Å². The van der Waals surface area contributed by atoms with Crippen molar-refractivity contribution in [2.45, 2.75) is 12.8 Å². The summed E-state index contributed by atoms with van der Waals surface area (Å²) in [6, 6.07) is 7.42. The van der Waals surface area contributed by atoms with Crippen LogP contribution in [0.2, 0.25) is 0 Å². The highest BCUT2D eigenvalue weighted by atomic mass is 16.5. The fourth-order valence-electron chi connectivity index (χ4n) is 1.39. The molecule has 0 radical (unpaired) electrons. The Balaban J connectivity index is 2.00. The molecule has 1 amide bonds. The third-order valence-electron chi connectivity index (χ3n) is 2.52. The Kier molecular flexibility index (Phi) is 3.41. The quantitative estimate of drug-likeness (QED) is 0.787. The van der Waals surface area contributed by atoms with Gasteiger partial charge in [-0.05, 0) is 30.9 Å². The maximum atomic E-state index is 11.2. The number of para-hydroxylation sites is 2. The first-order valence-electron chi connectivity index (χ1n) is 5.51. The van der Waals surface area contributed by atoms with Crippen LogP contribution < -0.4 is 15.8 Å². The largest absolute Gasteiger partial charge is 0.491 e. The Bertz CT molecular complexity index is 375. The monoisotopic (exact) mass is 220 g/mol. The van der Waals surface area contributed by atoms with Gasteiger partial charge in [0, 0.05) is 0 Å². The predicted octanol–water partition coefficient (Wildman–Crippen LogP) is 1.37. The van der Waals surface area contributed by atoms with Crippen molar-refractivity contribution in [3.63, 3.8) is 0 Å². The number of anilines is 1. The summed E-state index contributed by atoms with van der Waals surface area (Å²) in [5.74, 6) is 1.21. The van der Waals surface area contributed by atoms with E-state index in [1.54, 1.807) is 0 Å². The summed E-state index contributed by atoms with van der Waals surface area (Å²) in [5.41, 5.74) is 5.94. The number of carbonyl (C=O) groups excluding carboxylic acids is 1. The molecule has 1 aromatic rings. The van der Waals surface area contributed by atoms with Crippen LogP contribution in [0.3, 0.4) is 0 Å². The van der Waals surface area contributed by atoms with Crippen LogP contribution in [0.15, 0.2) is 24.3 Å². The molecular weight excluding hydrogens is 204 g/mol. The van der Waals surface area contributed by atoms with Gasteiger partial charge in [0.2, 0.25) is 5.91 Å². The Morgan fingerprint density at radius 2 is 2.19 bits per heavy atom. The lowest BCUT2D eigenvalue weighted by molar-refractivity contribution is -0.114. The zero-order valence-corrected chi connectivity index (χ0v) is 9.11. The van der Waals surface area contributed by atoms with E-state index in [4.69, 9.17) is 10.5 Å². The SMILES string of the molecule is NCC(=O)Nc1ccccc1OCC1CC1. The van der Waals surface area contributed by atoms with Crippen LogP contribution in [-0.4, -0.2) is 19.1 Å². The van der Waals surface area contributed by atoms with E-state index in [0.29, 0.717) is 11.6 Å². The second-order valence-corrected chi connectivity index (χ2v) is 4.00. The number of ether oxygens (including phenoxy) is 1. The van der Waals surface area contributed by atoms with Crippen molar-refractivity contribution in [3.8, 4) is 5.75 Å². The molecule has 0 saturated heterocycles. The van der Waals surface area contributed by atoms with Crippen LogP contribution in [0.1, 0.15) is 12.8 Å². The molecule has 1 aliphatic carbocycles. The van der Waals surface area contributed by atoms with Gasteiger partial charge in [-0.2, -0.15) is 0 Å². The average molecular weight is 220 g/mol. The van der Waals surface area contributed by atoms with Gasteiger partial charge in [-0.15, -0.1) is 0 Å². The fourth-order valence-corrected chi connectivity index (χ4v) is 1.39. The van der Waals surface area contributed by atoms with Crippen molar-refractivity contribution in [3.05, 3.63) is 24.3 Å². The average Bonchev–Trinajstić information content (AvgIpc) is 3.11. The Labute approximate surface area is 94.8 Å². The lowest BCUT2D eigenvalue weighted by atomic mass is 10.3. The highest BCUT2D eigenvalue weighted by Crippen LogP contribution is 2.31. The van der Waals surface area contributed by atoms with Gasteiger partial charge < -0.3 is 15.8 Å². The van der Waals surface area contributed by atoms with Crippen LogP contribution in [-0.2, 0) is 4.79 Å². The van der Waals surface area contributed by atoms with E-state index in [2.05, 4.69) is 5.32 Å². The lowest BCUT2D eigenvalue weighted by Crippen LogP contribution is -2.22. The molecular formula is C12H16N2O2. The standard InChI is InChI=1S/C12H16N2O2/c13-7-12(15)14-10-3-1-2-4-11(10)16-8-9-5-6-9/h1-4,9H,5-8,13H2,(H,14,15). The van der Waals surface area contributed by atoms with Crippen molar-refractivity contribution < 1.29 is 9.53 Å². The minimum Gasteiger partial charge on any atom is -0.491 e. The van der Waals surface area contributed by atoms with Gasteiger partial charge in [-0.25, -0.2) is 0 Å². The molecule has 86 valence electrons. The number of nitrogens with two attached hydrogens (primary N) is 1. The highest BCUT2D eigenvalue weighted by Gasteiger charge is 2.22. The molecule has 2 rings (SSSR count). The molecule has 3 N–H and O–H groups in total. The van der Waals surface area contributed by atoms with Crippen molar-refractivity contribution >= 4 is 11.6 Å². The molecule has 0 aromatic heterocycles. The first kappa shape index (κ1) is 11.0. The smallest absolute Gasteiger partial charge is 0.238 e. The zero-order valence-electron chi connectivity index (χ0n) is 9.11. The highest BCUT2D eigenvalue weighted by molar-refractivity contribution is 5.93. The van der Waals surface area contributed by atoms with Gasteiger partial charge >= 0.3 is 0 Å². The predicted molar refractivity (Wildman–Crippen MR) is 62.3 cm³/mol. The molecule has 0 bridgehead atoms. The molecule has 4 nitrogen and oxygen atoms in total. The van der Waals surface area contributed by atoms with E-state index in [1.165, 1.54) is 12.8 Å². The molecule has 0 aliphatic heterocycles. The van der Waals surface area contributed by atoms with E-state index in [0.717, 1.165) is 12.4 Å². The van der Waals surface area contributed by atoms with E-state index in [1.807, 2.05) is 24.3 Å². The number of rotatable bonds is 5. The van der Waals surface area contributed by atoms with Gasteiger partial charge in [-0.1, -0.05) is 12.1 Å². The van der Waals surface area contributed by atoms with Gasteiger partial charge in [0.15, 0.2) is 0 Å². The summed E-state index contributed by atoms with van der Waals surface area (Å²) in [6.45, 7) is 0.715. The lowest BCUT2D eigenvalue weighted by Gasteiger charge is -2.11. The van der Waals surface area contributed by atoms with E-state index < -0.39 is 0 Å². The van der Waals surface area contributed by atoms with Crippen LogP contribution in [0.5, 0.6) is 5.75 Å². The molecule has 1 fully saturated rings. The summed E-state index contributed by atoms with van der Waals surface area (Å²) >= 11 is 0. The third-order valence-corrected chi connectivity index (χ3v) is 2.52. The molecule has 1 saturated carbocycles. The summed E-state index contributed by atoms with van der Waals surface area (Å²) in [6.07, 6.45) is 2.49. The van der Waals surface area contributed by atoms with Crippen molar-refractivity contribution in [1.82, 2.24) is 0 Å². The number of carbonyl (C=O) groups is 1. The molecule has 16 heavy (non-hydrogen) atoms. The fraction of sp³-hybridized carbons (Fsp3) is 0.417. The summed E-state index contributed by atoms with van der Waals surface area (Å²) < 4.78 is 5.65. The van der Waals surface area contributed by atoms with E-state index >= 15 is 0 Å². The molecule has 0 atom stereocenters. The van der Waals surface area contributed by atoms with Gasteiger partial charge in [0.25, 0.3) is 0 Å². The Morgan fingerprint density at radius 1 is 1.44 bits per heavy atom. The van der Waals surface area contributed by atoms with Crippen LogP contribution in [0.25, 0.3) is 0 Å².